The molecule has 0 bridgehead atoms. The van der Waals surface area contributed by atoms with Gasteiger partial charge < -0.3 is 19.4 Å². The summed E-state index contributed by atoms with van der Waals surface area (Å²) < 4.78 is 10.9. The first-order valence-electron chi connectivity index (χ1n) is 8.52. The first kappa shape index (κ1) is 18.7. The highest BCUT2D eigenvalue weighted by molar-refractivity contribution is 5.77. The number of hydrogen-bond donors (Lipinski definition) is 2. The highest BCUT2D eigenvalue weighted by Crippen LogP contribution is 2.35. The number of nitrogens with zero attached hydrogens (tertiary/aromatic N) is 1. The molecule has 0 aliphatic heterocycles. The van der Waals surface area contributed by atoms with E-state index < -0.39 is 17.5 Å². The van der Waals surface area contributed by atoms with Crippen molar-refractivity contribution in [1.82, 2.24) is 4.98 Å². The van der Waals surface area contributed by atoms with Crippen LogP contribution in [-0.4, -0.2) is 21.2 Å². The minimum Gasteiger partial charge on any atom is -0.508 e. The van der Waals surface area contributed by atoms with Crippen LogP contribution in [0.1, 0.15) is 31.4 Å². The number of aromatic hydroxyl groups is 1. The van der Waals surface area contributed by atoms with Gasteiger partial charge in [-0.2, -0.15) is 0 Å². The van der Waals surface area contributed by atoms with Crippen molar-refractivity contribution in [1.29, 1.82) is 0 Å². The maximum atomic E-state index is 12.5. The SMILES string of the molecule is CC(C)(C(=O)OCc1ncc(-c2ccccc2)o1)[C@H](O)c1cccc(O)c1. The summed E-state index contributed by atoms with van der Waals surface area (Å²) in [7, 11) is 0. The van der Waals surface area contributed by atoms with Crippen LogP contribution in [0.4, 0.5) is 0 Å². The van der Waals surface area contributed by atoms with E-state index in [0.717, 1.165) is 5.56 Å². The van der Waals surface area contributed by atoms with E-state index in [2.05, 4.69) is 4.98 Å². The predicted octanol–water partition coefficient (Wildman–Crippen LogP) is 3.85. The van der Waals surface area contributed by atoms with Gasteiger partial charge in [-0.15, -0.1) is 0 Å². The Morgan fingerprint density at radius 2 is 1.93 bits per heavy atom. The van der Waals surface area contributed by atoms with Crippen LogP contribution in [0.5, 0.6) is 5.75 Å². The maximum absolute atomic E-state index is 12.5. The molecule has 1 atom stereocenters. The van der Waals surface area contributed by atoms with Crippen LogP contribution in [0, 0.1) is 5.41 Å². The number of carbonyl (C=O) groups is 1. The van der Waals surface area contributed by atoms with E-state index in [1.807, 2.05) is 30.3 Å². The molecule has 3 aromatic rings. The zero-order valence-electron chi connectivity index (χ0n) is 15.1. The van der Waals surface area contributed by atoms with Gasteiger partial charge in [-0.25, -0.2) is 4.98 Å². The molecule has 0 spiro atoms. The highest BCUT2D eigenvalue weighted by Gasteiger charge is 2.38. The second-order valence-electron chi connectivity index (χ2n) is 6.78. The monoisotopic (exact) mass is 367 g/mol. The van der Waals surface area contributed by atoms with Gasteiger partial charge in [-0.05, 0) is 31.5 Å². The Hall–Kier alpha value is -3.12. The summed E-state index contributed by atoms with van der Waals surface area (Å²) in [4.78, 5) is 16.6. The van der Waals surface area contributed by atoms with Crippen molar-refractivity contribution in [2.45, 2.75) is 26.6 Å². The molecule has 0 radical (unpaired) electrons. The van der Waals surface area contributed by atoms with Gasteiger partial charge in [0.1, 0.15) is 5.75 Å². The fourth-order valence-corrected chi connectivity index (χ4v) is 2.65. The van der Waals surface area contributed by atoms with Crippen molar-refractivity contribution in [3.8, 4) is 17.1 Å². The molecule has 6 heteroatoms. The molecule has 0 aliphatic carbocycles. The van der Waals surface area contributed by atoms with Gasteiger partial charge >= 0.3 is 5.97 Å². The second-order valence-corrected chi connectivity index (χ2v) is 6.78. The molecule has 0 amide bonds. The van der Waals surface area contributed by atoms with Gasteiger partial charge in [0.05, 0.1) is 17.7 Å². The third-order valence-electron chi connectivity index (χ3n) is 4.33. The zero-order chi connectivity index (χ0) is 19.4. The lowest BCUT2D eigenvalue weighted by Gasteiger charge is -2.28. The van der Waals surface area contributed by atoms with Crippen LogP contribution in [0.2, 0.25) is 0 Å². The molecule has 6 nitrogen and oxygen atoms in total. The molecule has 1 aromatic heterocycles. The molecule has 140 valence electrons. The average molecular weight is 367 g/mol. The quantitative estimate of drug-likeness (QED) is 0.643. The Labute approximate surface area is 157 Å². The lowest BCUT2D eigenvalue weighted by atomic mass is 9.82. The number of phenolic OH excluding ortho intramolecular Hbond substituents is 1. The summed E-state index contributed by atoms with van der Waals surface area (Å²) in [6.45, 7) is 3.02. The highest BCUT2D eigenvalue weighted by atomic mass is 16.5. The lowest BCUT2D eigenvalue weighted by Crippen LogP contribution is -2.33. The molecule has 0 aliphatic rings. The van der Waals surface area contributed by atoms with E-state index in [9.17, 15) is 15.0 Å². The number of aromatic nitrogens is 1. The Balaban J connectivity index is 1.65. The van der Waals surface area contributed by atoms with E-state index in [1.54, 1.807) is 32.2 Å². The van der Waals surface area contributed by atoms with E-state index >= 15 is 0 Å². The van der Waals surface area contributed by atoms with Gasteiger partial charge in [0.25, 0.3) is 0 Å². The number of rotatable bonds is 6. The molecular formula is C21H21NO5. The fourth-order valence-electron chi connectivity index (χ4n) is 2.65. The maximum Gasteiger partial charge on any atom is 0.315 e. The van der Waals surface area contributed by atoms with Crippen molar-refractivity contribution in [2.75, 3.05) is 0 Å². The summed E-state index contributed by atoms with van der Waals surface area (Å²) >= 11 is 0. The largest absolute Gasteiger partial charge is 0.508 e. The number of esters is 1. The topological polar surface area (TPSA) is 92.8 Å². The van der Waals surface area contributed by atoms with Crippen LogP contribution in [0.3, 0.4) is 0 Å². The molecular weight excluding hydrogens is 346 g/mol. The van der Waals surface area contributed by atoms with Gasteiger partial charge in [-0.1, -0.05) is 42.5 Å². The molecule has 27 heavy (non-hydrogen) atoms. The third kappa shape index (κ3) is 4.17. The predicted molar refractivity (Wildman–Crippen MR) is 98.6 cm³/mol. The van der Waals surface area contributed by atoms with Crippen molar-refractivity contribution in [3.63, 3.8) is 0 Å². The first-order chi connectivity index (χ1) is 12.9. The molecule has 0 fully saturated rings. The van der Waals surface area contributed by atoms with Crippen molar-refractivity contribution in [3.05, 3.63) is 72.2 Å². The van der Waals surface area contributed by atoms with E-state index in [4.69, 9.17) is 9.15 Å². The summed E-state index contributed by atoms with van der Waals surface area (Å²) in [6, 6.07) is 15.6. The number of oxazole rings is 1. The third-order valence-corrected chi connectivity index (χ3v) is 4.33. The van der Waals surface area contributed by atoms with Crippen molar-refractivity contribution < 1.29 is 24.2 Å². The number of phenols is 1. The van der Waals surface area contributed by atoms with Crippen LogP contribution in [0.15, 0.2) is 65.2 Å². The summed E-state index contributed by atoms with van der Waals surface area (Å²) in [5.41, 5.74) is 0.0875. The van der Waals surface area contributed by atoms with Crippen LogP contribution in [-0.2, 0) is 16.1 Å². The summed E-state index contributed by atoms with van der Waals surface area (Å²) in [5.74, 6) is 0.271. The van der Waals surface area contributed by atoms with Crippen LogP contribution in [0.25, 0.3) is 11.3 Å². The second kappa shape index (κ2) is 7.63. The minimum atomic E-state index is -1.22. The Morgan fingerprint density at radius 1 is 1.19 bits per heavy atom. The van der Waals surface area contributed by atoms with Crippen LogP contribution < -0.4 is 0 Å². The molecule has 1 heterocycles. The lowest BCUT2D eigenvalue weighted by molar-refractivity contribution is -0.163. The minimum absolute atomic E-state index is 0.0175. The standard InChI is InChI=1S/C21H21NO5/c1-21(2,19(24)15-9-6-10-16(23)11-15)20(25)26-13-18-22-12-17(27-18)14-7-4-3-5-8-14/h3-12,19,23-24H,13H2,1-2H3/t19-/m1/s1. The van der Waals surface area contributed by atoms with Gasteiger partial charge in [0.15, 0.2) is 12.4 Å². The van der Waals surface area contributed by atoms with Gasteiger partial charge in [0, 0.05) is 5.56 Å². The molecule has 3 rings (SSSR count). The number of aliphatic hydroxyl groups is 1. The number of ether oxygens (including phenoxy) is 1. The first-order valence-corrected chi connectivity index (χ1v) is 8.52. The summed E-state index contributed by atoms with van der Waals surface area (Å²) in [5, 5.41) is 20.1. The fraction of sp³-hybridized carbons (Fsp3) is 0.238. The number of aliphatic hydroxyl groups excluding tert-OH is 1. The van der Waals surface area contributed by atoms with E-state index in [0.29, 0.717) is 11.3 Å². The Bertz CT molecular complexity index is 917. The van der Waals surface area contributed by atoms with E-state index in [1.165, 1.54) is 12.1 Å². The Morgan fingerprint density at radius 3 is 2.63 bits per heavy atom. The van der Waals surface area contributed by atoms with E-state index in [-0.39, 0.29) is 18.2 Å². The summed E-state index contributed by atoms with van der Waals surface area (Å²) in [6.07, 6.45) is 0.437. The van der Waals surface area contributed by atoms with Gasteiger partial charge in [-0.3, -0.25) is 4.79 Å². The zero-order valence-corrected chi connectivity index (χ0v) is 15.1. The van der Waals surface area contributed by atoms with Crippen molar-refractivity contribution >= 4 is 5.97 Å². The number of carbonyl (C=O) groups excluding carboxylic acids is 1. The molecule has 2 N–H and O–H groups in total. The Kier molecular flexibility index (Phi) is 5.28. The molecule has 2 aromatic carbocycles. The van der Waals surface area contributed by atoms with Crippen molar-refractivity contribution in [2.24, 2.45) is 5.41 Å². The average Bonchev–Trinajstić information content (AvgIpc) is 3.15. The van der Waals surface area contributed by atoms with Gasteiger partial charge in [0.2, 0.25) is 5.89 Å². The normalized spacial score (nSPS) is 12.6. The number of hydrogen-bond acceptors (Lipinski definition) is 6. The molecule has 0 unspecified atom stereocenters. The smallest absolute Gasteiger partial charge is 0.315 e. The molecule has 0 saturated carbocycles. The number of benzene rings is 2. The van der Waals surface area contributed by atoms with Crippen LogP contribution >= 0.6 is 0 Å². The molecule has 0 saturated heterocycles.